The maximum absolute atomic E-state index is 12.5. The Balaban J connectivity index is 1.44. The van der Waals surface area contributed by atoms with E-state index in [4.69, 9.17) is 4.74 Å². The quantitative estimate of drug-likeness (QED) is 0.764. The molecule has 1 amide bonds. The molecule has 0 fully saturated rings. The van der Waals surface area contributed by atoms with E-state index in [-0.39, 0.29) is 5.91 Å². The summed E-state index contributed by atoms with van der Waals surface area (Å²) in [5, 5.41) is 9.99. The molecule has 0 radical (unpaired) electrons. The molecule has 1 aliphatic carbocycles. The van der Waals surface area contributed by atoms with E-state index in [2.05, 4.69) is 25.5 Å². The zero-order valence-electron chi connectivity index (χ0n) is 13.5. The molecule has 0 saturated carbocycles. The molecule has 0 saturated heterocycles. The second-order valence-electron chi connectivity index (χ2n) is 5.87. The van der Waals surface area contributed by atoms with Crippen LogP contribution in [0.2, 0.25) is 0 Å². The maximum atomic E-state index is 12.5. The minimum Gasteiger partial charge on any atom is -0.437 e. The molecule has 7 heteroatoms. The van der Waals surface area contributed by atoms with Crippen LogP contribution >= 0.6 is 0 Å². The van der Waals surface area contributed by atoms with Gasteiger partial charge in [0.15, 0.2) is 5.69 Å². The summed E-state index contributed by atoms with van der Waals surface area (Å²) in [6.45, 7) is 0. The fourth-order valence-corrected chi connectivity index (χ4v) is 2.90. The SMILES string of the molecule is O=C(Nc1ccc(Oc2cccnc2)nc1)c1n[nH]c2c1CCCC2. The summed E-state index contributed by atoms with van der Waals surface area (Å²) in [5.41, 5.74) is 3.18. The van der Waals surface area contributed by atoms with Gasteiger partial charge in [-0.25, -0.2) is 4.98 Å². The Labute approximate surface area is 144 Å². The Hall–Kier alpha value is -3.22. The van der Waals surface area contributed by atoms with E-state index in [1.165, 1.54) is 0 Å². The third kappa shape index (κ3) is 3.35. The normalized spacial score (nSPS) is 13.1. The predicted octanol–water partition coefficient (Wildman–Crippen LogP) is 3.12. The lowest BCUT2D eigenvalue weighted by atomic mass is 9.96. The largest absolute Gasteiger partial charge is 0.437 e. The van der Waals surface area contributed by atoms with Crippen molar-refractivity contribution in [3.63, 3.8) is 0 Å². The summed E-state index contributed by atoms with van der Waals surface area (Å²) in [6.07, 6.45) is 8.92. The Kier molecular flexibility index (Phi) is 4.12. The van der Waals surface area contributed by atoms with E-state index in [0.717, 1.165) is 36.9 Å². The van der Waals surface area contributed by atoms with Crippen LogP contribution in [0.5, 0.6) is 11.6 Å². The molecule has 3 aromatic heterocycles. The van der Waals surface area contributed by atoms with Crippen molar-refractivity contribution in [3.05, 3.63) is 59.8 Å². The standard InChI is InChI=1S/C18H17N5O2/c24-18(17-14-5-1-2-6-15(14)22-23-17)21-12-7-8-16(20-10-12)25-13-4-3-9-19-11-13/h3-4,7-11H,1-2,5-6H2,(H,21,24)(H,22,23). The molecule has 3 aromatic rings. The van der Waals surface area contributed by atoms with Crippen LogP contribution in [0.15, 0.2) is 42.9 Å². The van der Waals surface area contributed by atoms with E-state index in [1.54, 1.807) is 42.9 Å². The highest BCUT2D eigenvalue weighted by atomic mass is 16.5. The number of rotatable bonds is 4. The van der Waals surface area contributed by atoms with Crippen molar-refractivity contribution in [1.82, 2.24) is 20.2 Å². The topological polar surface area (TPSA) is 92.8 Å². The van der Waals surface area contributed by atoms with Crippen molar-refractivity contribution < 1.29 is 9.53 Å². The molecule has 4 rings (SSSR count). The highest BCUT2D eigenvalue weighted by Crippen LogP contribution is 2.23. The highest BCUT2D eigenvalue weighted by molar-refractivity contribution is 6.04. The molecule has 0 spiro atoms. The van der Waals surface area contributed by atoms with Crippen molar-refractivity contribution in [2.45, 2.75) is 25.7 Å². The summed E-state index contributed by atoms with van der Waals surface area (Å²) in [5.74, 6) is 0.820. The monoisotopic (exact) mass is 335 g/mol. The van der Waals surface area contributed by atoms with E-state index in [0.29, 0.717) is 23.0 Å². The van der Waals surface area contributed by atoms with Crippen molar-refractivity contribution in [2.24, 2.45) is 0 Å². The fraction of sp³-hybridized carbons (Fsp3) is 0.222. The molecular weight excluding hydrogens is 318 g/mol. The number of hydrogen-bond donors (Lipinski definition) is 2. The van der Waals surface area contributed by atoms with Gasteiger partial charge in [0.05, 0.1) is 18.1 Å². The first-order valence-corrected chi connectivity index (χ1v) is 8.21. The van der Waals surface area contributed by atoms with E-state index >= 15 is 0 Å². The molecule has 2 N–H and O–H groups in total. The van der Waals surface area contributed by atoms with Crippen LogP contribution in [-0.2, 0) is 12.8 Å². The molecule has 25 heavy (non-hydrogen) atoms. The van der Waals surface area contributed by atoms with Gasteiger partial charge in [0.25, 0.3) is 5.91 Å². The number of nitrogens with zero attached hydrogens (tertiary/aromatic N) is 3. The molecule has 0 atom stereocenters. The average Bonchev–Trinajstić information content (AvgIpc) is 3.08. The zero-order chi connectivity index (χ0) is 17.1. The Morgan fingerprint density at radius 1 is 1.16 bits per heavy atom. The minimum atomic E-state index is -0.220. The number of nitrogens with one attached hydrogen (secondary N) is 2. The maximum Gasteiger partial charge on any atom is 0.276 e. The summed E-state index contributed by atoms with van der Waals surface area (Å²) >= 11 is 0. The van der Waals surface area contributed by atoms with Gasteiger partial charge >= 0.3 is 0 Å². The van der Waals surface area contributed by atoms with Crippen LogP contribution in [0.1, 0.15) is 34.6 Å². The molecule has 0 aromatic carbocycles. The molecule has 126 valence electrons. The second kappa shape index (κ2) is 6.72. The number of ether oxygens (including phenoxy) is 1. The molecule has 1 aliphatic rings. The molecule has 3 heterocycles. The van der Waals surface area contributed by atoms with Crippen LogP contribution in [0.3, 0.4) is 0 Å². The number of H-pyrrole nitrogens is 1. The van der Waals surface area contributed by atoms with E-state index < -0.39 is 0 Å². The lowest BCUT2D eigenvalue weighted by molar-refractivity contribution is 0.102. The molecular formula is C18H17N5O2. The number of pyridine rings is 2. The molecule has 0 bridgehead atoms. The highest BCUT2D eigenvalue weighted by Gasteiger charge is 2.21. The number of anilines is 1. The van der Waals surface area contributed by atoms with Crippen LogP contribution in [0.4, 0.5) is 5.69 Å². The first-order chi connectivity index (χ1) is 12.3. The van der Waals surface area contributed by atoms with Crippen molar-refractivity contribution in [3.8, 4) is 11.6 Å². The molecule has 7 nitrogen and oxygen atoms in total. The van der Waals surface area contributed by atoms with Gasteiger partial charge in [-0.15, -0.1) is 0 Å². The number of aromatic nitrogens is 4. The van der Waals surface area contributed by atoms with Gasteiger partial charge in [-0.2, -0.15) is 5.10 Å². The number of aryl methyl sites for hydroxylation is 1. The van der Waals surface area contributed by atoms with Gasteiger partial charge in [0, 0.05) is 23.5 Å². The first-order valence-electron chi connectivity index (χ1n) is 8.21. The van der Waals surface area contributed by atoms with Crippen LogP contribution in [0, 0.1) is 0 Å². The third-order valence-corrected chi connectivity index (χ3v) is 4.12. The summed E-state index contributed by atoms with van der Waals surface area (Å²) in [4.78, 5) is 20.6. The number of carbonyl (C=O) groups is 1. The summed E-state index contributed by atoms with van der Waals surface area (Å²) in [7, 11) is 0. The van der Waals surface area contributed by atoms with Gasteiger partial charge in [-0.3, -0.25) is 14.9 Å². The minimum absolute atomic E-state index is 0.220. The average molecular weight is 335 g/mol. The van der Waals surface area contributed by atoms with Gasteiger partial charge in [0.2, 0.25) is 5.88 Å². The van der Waals surface area contributed by atoms with Crippen molar-refractivity contribution in [1.29, 1.82) is 0 Å². The van der Waals surface area contributed by atoms with Crippen LogP contribution in [0.25, 0.3) is 0 Å². The third-order valence-electron chi connectivity index (χ3n) is 4.12. The Morgan fingerprint density at radius 2 is 2.08 bits per heavy atom. The second-order valence-corrected chi connectivity index (χ2v) is 5.87. The number of amides is 1. The lowest BCUT2D eigenvalue weighted by Gasteiger charge is -2.11. The fourth-order valence-electron chi connectivity index (χ4n) is 2.90. The summed E-state index contributed by atoms with van der Waals surface area (Å²) in [6, 6.07) is 7.03. The molecule has 0 aliphatic heterocycles. The zero-order valence-corrected chi connectivity index (χ0v) is 13.5. The number of fused-ring (bicyclic) bond motifs is 1. The number of aromatic amines is 1. The predicted molar refractivity (Wildman–Crippen MR) is 91.7 cm³/mol. The van der Waals surface area contributed by atoms with Crippen LogP contribution < -0.4 is 10.1 Å². The Morgan fingerprint density at radius 3 is 2.88 bits per heavy atom. The Bertz CT molecular complexity index is 874. The first kappa shape index (κ1) is 15.3. The van der Waals surface area contributed by atoms with Crippen molar-refractivity contribution >= 4 is 11.6 Å². The van der Waals surface area contributed by atoms with Crippen LogP contribution in [-0.4, -0.2) is 26.1 Å². The smallest absolute Gasteiger partial charge is 0.276 e. The van der Waals surface area contributed by atoms with Gasteiger partial charge in [-0.05, 0) is 43.9 Å². The number of carbonyl (C=O) groups excluding carboxylic acids is 1. The van der Waals surface area contributed by atoms with Crippen molar-refractivity contribution in [2.75, 3.05) is 5.32 Å². The van der Waals surface area contributed by atoms with E-state index in [1.807, 2.05) is 0 Å². The van der Waals surface area contributed by atoms with E-state index in [9.17, 15) is 4.79 Å². The number of hydrogen-bond acceptors (Lipinski definition) is 5. The lowest BCUT2D eigenvalue weighted by Crippen LogP contribution is -2.15. The van der Waals surface area contributed by atoms with Gasteiger partial charge < -0.3 is 10.1 Å². The molecule has 0 unspecified atom stereocenters. The van der Waals surface area contributed by atoms with Gasteiger partial charge in [0.1, 0.15) is 5.75 Å². The van der Waals surface area contributed by atoms with Gasteiger partial charge in [-0.1, -0.05) is 0 Å². The summed E-state index contributed by atoms with van der Waals surface area (Å²) < 4.78 is 5.58.